The fraction of sp³-hybridized carbons (Fsp3) is 0.364. The highest BCUT2D eigenvalue weighted by Gasteiger charge is 2.49. The molecule has 2 aromatic rings. The Morgan fingerprint density at radius 1 is 1.07 bits per heavy atom. The molecule has 2 aromatic carbocycles. The van der Waals surface area contributed by atoms with Gasteiger partial charge in [-0.25, -0.2) is 0 Å². The molecule has 146 valence electrons. The summed E-state index contributed by atoms with van der Waals surface area (Å²) < 4.78 is 16.4. The number of nitriles is 1. The van der Waals surface area contributed by atoms with Gasteiger partial charge in [-0.2, -0.15) is 5.26 Å². The minimum Gasteiger partial charge on any atom is -0.497 e. The number of carbonyl (C=O) groups is 1. The summed E-state index contributed by atoms with van der Waals surface area (Å²) in [6.45, 7) is 1.33. The van der Waals surface area contributed by atoms with Crippen molar-refractivity contribution < 1.29 is 19.0 Å². The molecule has 2 atom stereocenters. The van der Waals surface area contributed by atoms with Crippen LogP contribution in [0.15, 0.2) is 48.5 Å². The third-order valence-electron chi connectivity index (χ3n) is 4.83. The summed E-state index contributed by atoms with van der Waals surface area (Å²) in [5, 5.41) is 8.93. The maximum Gasteiger partial charge on any atom is 0.266 e. The highest BCUT2D eigenvalue weighted by atomic mass is 16.5. The fourth-order valence-electron chi connectivity index (χ4n) is 3.34. The number of likely N-dealkylation sites (tertiary alicyclic amines) is 1. The summed E-state index contributed by atoms with van der Waals surface area (Å²) in [7, 11) is 3.30. The van der Waals surface area contributed by atoms with Crippen LogP contribution in [0.3, 0.4) is 0 Å². The van der Waals surface area contributed by atoms with Gasteiger partial charge in [0.25, 0.3) is 5.91 Å². The van der Waals surface area contributed by atoms with Crippen molar-refractivity contribution in [2.45, 2.75) is 25.0 Å². The molecule has 1 aliphatic heterocycles. The average Bonchev–Trinajstić information content (AvgIpc) is 2.74. The summed E-state index contributed by atoms with van der Waals surface area (Å²) in [5.74, 6) is 1.28. The van der Waals surface area contributed by atoms with E-state index in [4.69, 9.17) is 19.5 Å². The van der Waals surface area contributed by atoms with E-state index in [1.165, 1.54) is 0 Å². The number of unbranched alkanes of at least 4 members (excludes halogenated alkanes) is 1. The van der Waals surface area contributed by atoms with Crippen molar-refractivity contribution in [3.05, 3.63) is 59.7 Å². The molecule has 0 saturated carbocycles. The lowest BCUT2D eigenvalue weighted by molar-refractivity contribution is -0.164. The molecule has 0 aromatic heterocycles. The van der Waals surface area contributed by atoms with E-state index in [9.17, 15) is 4.79 Å². The van der Waals surface area contributed by atoms with Crippen molar-refractivity contribution in [1.82, 2.24) is 4.90 Å². The van der Waals surface area contributed by atoms with E-state index < -0.39 is 6.10 Å². The minimum absolute atomic E-state index is 0.0328. The van der Waals surface area contributed by atoms with Crippen molar-refractivity contribution in [3.8, 4) is 17.6 Å². The summed E-state index contributed by atoms with van der Waals surface area (Å²) in [4.78, 5) is 14.6. The van der Waals surface area contributed by atoms with Gasteiger partial charge >= 0.3 is 0 Å². The Hall–Kier alpha value is -3.04. The van der Waals surface area contributed by atoms with Crippen LogP contribution < -0.4 is 9.47 Å². The van der Waals surface area contributed by atoms with Gasteiger partial charge in [-0.15, -0.1) is 0 Å². The summed E-state index contributed by atoms with van der Waals surface area (Å²) >= 11 is 0. The van der Waals surface area contributed by atoms with Gasteiger partial charge in [0.05, 0.1) is 18.7 Å². The van der Waals surface area contributed by atoms with Crippen molar-refractivity contribution >= 4 is 5.91 Å². The van der Waals surface area contributed by atoms with E-state index in [0.29, 0.717) is 24.5 Å². The topological polar surface area (TPSA) is 71.8 Å². The lowest BCUT2D eigenvalue weighted by atomic mass is 9.90. The van der Waals surface area contributed by atoms with E-state index in [2.05, 4.69) is 6.07 Å². The molecule has 0 aliphatic carbocycles. The van der Waals surface area contributed by atoms with E-state index in [1.807, 2.05) is 29.2 Å². The van der Waals surface area contributed by atoms with Gasteiger partial charge in [0.2, 0.25) is 6.10 Å². The number of ether oxygens (including phenoxy) is 3. The molecule has 1 amide bonds. The molecule has 1 fully saturated rings. The SMILES string of the molecule is COCCCCN1C(=O)C(Oc2ccc(C#N)cc2)C1c1cccc(OC)c1. The molecule has 6 nitrogen and oxygen atoms in total. The van der Waals surface area contributed by atoms with Crippen LogP contribution in [0.4, 0.5) is 0 Å². The van der Waals surface area contributed by atoms with Crippen LogP contribution >= 0.6 is 0 Å². The van der Waals surface area contributed by atoms with E-state index in [-0.39, 0.29) is 11.9 Å². The molecule has 1 saturated heterocycles. The highest BCUT2D eigenvalue weighted by Crippen LogP contribution is 2.39. The van der Waals surface area contributed by atoms with Gasteiger partial charge in [-0.3, -0.25) is 4.79 Å². The van der Waals surface area contributed by atoms with Crippen molar-refractivity contribution in [1.29, 1.82) is 5.26 Å². The quantitative estimate of drug-likeness (QED) is 0.493. The van der Waals surface area contributed by atoms with Crippen LogP contribution in [-0.2, 0) is 9.53 Å². The van der Waals surface area contributed by atoms with Crippen LogP contribution in [0.5, 0.6) is 11.5 Å². The third kappa shape index (κ3) is 4.26. The second kappa shape index (κ2) is 9.25. The van der Waals surface area contributed by atoms with Crippen LogP contribution in [0, 0.1) is 11.3 Å². The van der Waals surface area contributed by atoms with Gasteiger partial charge in [0, 0.05) is 20.3 Å². The Labute approximate surface area is 165 Å². The number of carbonyl (C=O) groups excluding carboxylic acids is 1. The first-order chi connectivity index (χ1) is 13.7. The number of hydrogen-bond acceptors (Lipinski definition) is 5. The number of benzene rings is 2. The maximum absolute atomic E-state index is 12.8. The zero-order valence-electron chi connectivity index (χ0n) is 16.1. The van der Waals surface area contributed by atoms with Crippen molar-refractivity contribution in [2.75, 3.05) is 27.4 Å². The number of rotatable bonds is 9. The molecular formula is C22H24N2O4. The van der Waals surface area contributed by atoms with E-state index >= 15 is 0 Å². The van der Waals surface area contributed by atoms with E-state index in [0.717, 1.165) is 24.2 Å². The smallest absolute Gasteiger partial charge is 0.266 e. The van der Waals surface area contributed by atoms with Gasteiger partial charge in [-0.05, 0) is 54.8 Å². The Kier molecular flexibility index (Phi) is 6.51. The first-order valence-corrected chi connectivity index (χ1v) is 9.28. The molecule has 6 heteroatoms. The predicted octanol–water partition coefficient (Wildman–Crippen LogP) is 3.32. The number of amides is 1. The Morgan fingerprint density at radius 3 is 2.54 bits per heavy atom. The second-order valence-corrected chi connectivity index (χ2v) is 6.63. The molecule has 1 aliphatic rings. The average molecular weight is 380 g/mol. The van der Waals surface area contributed by atoms with Gasteiger partial charge in [0.15, 0.2) is 0 Å². The van der Waals surface area contributed by atoms with Crippen LogP contribution in [0.1, 0.15) is 30.0 Å². The first kappa shape index (κ1) is 19.7. The molecule has 0 radical (unpaired) electrons. The second-order valence-electron chi connectivity index (χ2n) is 6.63. The third-order valence-corrected chi connectivity index (χ3v) is 4.83. The molecule has 0 N–H and O–H groups in total. The van der Waals surface area contributed by atoms with Gasteiger partial charge < -0.3 is 19.1 Å². The molecule has 1 heterocycles. The zero-order valence-corrected chi connectivity index (χ0v) is 16.1. The van der Waals surface area contributed by atoms with Crippen LogP contribution in [0.2, 0.25) is 0 Å². The molecule has 28 heavy (non-hydrogen) atoms. The van der Waals surface area contributed by atoms with Crippen molar-refractivity contribution in [2.24, 2.45) is 0 Å². The fourth-order valence-corrected chi connectivity index (χ4v) is 3.34. The zero-order chi connectivity index (χ0) is 19.9. The Morgan fingerprint density at radius 2 is 1.86 bits per heavy atom. The number of hydrogen-bond donors (Lipinski definition) is 0. The number of nitrogens with zero attached hydrogens (tertiary/aromatic N) is 2. The van der Waals surface area contributed by atoms with Crippen LogP contribution in [0.25, 0.3) is 0 Å². The lowest BCUT2D eigenvalue weighted by Gasteiger charge is -2.47. The monoisotopic (exact) mass is 380 g/mol. The normalized spacial score (nSPS) is 18.3. The first-order valence-electron chi connectivity index (χ1n) is 9.28. The largest absolute Gasteiger partial charge is 0.497 e. The predicted molar refractivity (Wildman–Crippen MR) is 104 cm³/mol. The highest BCUT2D eigenvalue weighted by molar-refractivity contribution is 5.89. The Bertz CT molecular complexity index is 844. The van der Waals surface area contributed by atoms with Crippen molar-refractivity contribution in [3.63, 3.8) is 0 Å². The van der Waals surface area contributed by atoms with Gasteiger partial charge in [0.1, 0.15) is 17.5 Å². The lowest BCUT2D eigenvalue weighted by Crippen LogP contribution is -2.61. The standard InChI is InChI=1S/C22H24N2O4/c1-26-13-4-3-12-24-20(17-6-5-7-19(14-17)27-2)21(22(24)25)28-18-10-8-16(15-23)9-11-18/h5-11,14,20-21H,3-4,12-13H2,1-2H3. The Balaban J connectivity index is 1.78. The minimum atomic E-state index is -0.595. The molecule has 0 spiro atoms. The molecule has 2 unspecified atom stereocenters. The molecule has 0 bridgehead atoms. The molecule has 3 rings (SSSR count). The summed E-state index contributed by atoms with van der Waals surface area (Å²) in [6, 6.07) is 16.4. The van der Waals surface area contributed by atoms with Gasteiger partial charge in [-0.1, -0.05) is 12.1 Å². The summed E-state index contributed by atoms with van der Waals surface area (Å²) in [5.41, 5.74) is 1.53. The maximum atomic E-state index is 12.8. The summed E-state index contributed by atoms with van der Waals surface area (Å²) in [6.07, 6.45) is 1.16. The molecular weight excluding hydrogens is 356 g/mol. The van der Waals surface area contributed by atoms with E-state index in [1.54, 1.807) is 38.5 Å². The number of methoxy groups -OCH3 is 2. The van der Waals surface area contributed by atoms with Crippen LogP contribution in [-0.4, -0.2) is 44.3 Å². The number of β-lactam (4-membered cyclic amide) rings is 1.